The average molecular weight is 516 g/mol. The monoisotopic (exact) mass is 515 g/mol. The van der Waals surface area contributed by atoms with Crippen LogP contribution in [0.25, 0.3) is 10.3 Å². The zero-order valence-electron chi connectivity index (χ0n) is 21.4. The van der Waals surface area contributed by atoms with Crippen molar-refractivity contribution in [3.63, 3.8) is 0 Å². The summed E-state index contributed by atoms with van der Waals surface area (Å²) in [5.41, 5.74) is 4.14. The van der Waals surface area contributed by atoms with Gasteiger partial charge in [0.2, 0.25) is 5.91 Å². The summed E-state index contributed by atoms with van der Waals surface area (Å²) in [6.07, 6.45) is 6.07. The van der Waals surface area contributed by atoms with Gasteiger partial charge in [0.1, 0.15) is 22.0 Å². The molecule has 0 saturated carbocycles. The Hall–Kier alpha value is -3.56. The van der Waals surface area contributed by atoms with Crippen molar-refractivity contribution in [3.05, 3.63) is 65.9 Å². The van der Waals surface area contributed by atoms with Crippen LogP contribution in [-0.4, -0.2) is 52.4 Å². The van der Waals surface area contributed by atoms with Crippen molar-refractivity contribution in [3.8, 4) is 0 Å². The first kappa shape index (κ1) is 25.1. The minimum atomic E-state index is 0.0838. The van der Waals surface area contributed by atoms with E-state index in [1.807, 2.05) is 31.3 Å². The van der Waals surface area contributed by atoms with E-state index in [1.54, 1.807) is 6.20 Å². The van der Waals surface area contributed by atoms with Gasteiger partial charge in [-0.25, -0.2) is 15.0 Å². The number of rotatable bonds is 9. The normalized spacial score (nSPS) is 14.0. The lowest BCUT2D eigenvalue weighted by atomic mass is 10.1. The van der Waals surface area contributed by atoms with Gasteiger partial charge in [0.05, 0.1) is 0 Å². The number of likely N-dealkylation sites (tertiary alicyclic amines) is 1. The van der Waals surface area contributed by atoms with E-state index in [0.717, 1.165) is 52.2 Å². The summed E-state index contributed by atoms with van der Waals surface area (Å²) in [6, 6.07) is 16.2. The van der Waals surface area contributed by atoms with Crippen molar-refractivity contribution in [1.82, 2.24) is 25.2 Å². The molecule has 1 amide bonds. The van der Waals surface area contributed by atoms with E-state index in [1.165, 1.54) is 36.2 Å². The number of carbonyl (C=O) groups excluding carboxylic acids is 1. The molecule has 1 aliphatic rings. The number of hydrogen-bond donors (Lipinski definition) is 2. The molecule has 0 atom stereocenters. The van der Waals surface area contributed by atoms with Gasteiger partial charge >= 0.3 is 0 Å². The summed E-state index contributed by atoms with van der Waals surface area (Å²) in [5, 5.41) is 7.06. The van der Waals surface area contributed by atoms with Crippen LogP contribution in [-0.2, 0) is 11.3 Å². The van der Waals surface area contributed by atoms with Gasteiger partial charge in [0.15, 0.2) is 5.13 Å². The van der Waals surface area contributed by atoms with Crippen LogP contribution in [0.15, 0.2) is 54.7 Å². The van der Waals surface area contributed by atoms with Gasteiger partial charge in [-0.05, 0) is 74.8 Å². The summed E-state index contributed by atoms with van der Waals surface area (Å²) < 4.78 is 0. The van der Waals surface area contributed by atoms with Gasteiger partial charge in [-0.2, -0.15) is 0 Å². The van der Waals surface area contributed by atoms with E-state index in [2.05, 4.69) is 61.6 Å². The number of aryl methyl sites for hydroxylation is 1. The van der Waals surface area contributed by atoms with Crippen LogP contribution in [0.1, 0.15) is 36.8 Å². The molecule has 0 spiro atoms. The van der Waals surface area contributed by atoms with Gasteiger partial charge in [0.25, 0.3) is 0 Å². The van der Waals surface area contributed by atoms with Crippen LogP contribution in [0, 0.1) is 6.92 Å². The lowest BCUT2D eigenvalue weighted by Crippen LogP contribution is -2.34. The summed E-state index contributed by atoms with van der Waals surface area (Å²) in [4.78, 5) is 31.6. The zero-order valence-corrected chi connectivity index (χ0v) is 22.2. The van der Waals surface area contributed by atoms with E-state index in [0.29, 0.717) is 18.8 Å². The fourth-order valence-corrected chi connectivity index (χ4v) is 5.28. The Bertz CT molecular complexity index is 1350. The van der Waals surface area contributed by atoms with Crippen molar-refractivity contribution in [1.29, 1.82) is 0 Å². The summed E-state index contributed by atoms with van der Waals surface area (Å²) in [5.74, 6) is 1.64. The Morgan fingerprint density at radius 2 is 1.86 bits per heavy atom. The quantitative estimate of drug-likeness (QED) is 0.309. The second-order valence-corrected chi connectivity index (χ2v) is 10.5. The lowest BCUT2D eigenvalue weighted by molar-refractivity contribution is -0.121. The third-order valence-electron chi connectivity index (χ3n) is 6.66. The standard InChI is InChI=1S/C28H33N7OS/c1-20-6-8-22(9-7-20)34(2)25-11-10-23-27(33-25)37-28(31-23)32-24-18-21(12-14-29-24)19-30-26(36)13-17-35-15-4-3-5-16-35/h6-12,14,18H,3-5,13,15-17,19H2,1-2H3,(H,30,36)(H,29,31,32). The highest BCUT2D eigenvalue weighted by Gasteiger charge is 2.13. The number of nitrogens with one attached hydrogen (secondary N) is 2. The predicted octanol–water partition coefficient (Wildman–Crippen LogP) is 5.40. The second-order valence-electron chi connectivity index (χ2n) is 9.51. The molecule has 3 aromatic heterocycles. The molecule has 1 fully saturated rings. The van der Waals surface area contributed by atoms with E-state index in [-0.39, 0.29) is 5.91 Å². The number of aromatic nitrogens is 3. The Morgan fingerprint density at radius 1 is 1.05 bits per heavy atom. The number of pyridine rings is 2. The topological polar surface area (TPSA) is 86.3 Å². The molecular weight excluding hydrogens is 482 g/mol. The van der Waals surface area contributed by atoms with Crippen LogP contribution in [0.4, 0.5) is 22.5 Å². The number of anilines is 4. The molecule has 8 nitrogen and oxygen atoms in total. The highest BCUT2D eigenvalue weighted by atomic mass is 32.1. The van der Waals surface area contributed by atoms with Gasteiger partial charge in [-0.3, -0.25) is 4.79 Å². The first-order valence-corrected chi connectivity index (χ1v) is 13.6. The Labute approximate surface area is 221 Å². The number of benzene rings is 1. The SMILES string of the molecule is Cc1ccc(N(C)c2ccc3nc(Nc4cc(CNC(=O)CCN5CCCCC5)ccn4)sc3n2)cc1. The minimum Gasteiger partial charge on any atom is -0.352 e. The average Bonchev–Trinajstić information content (AvgIpc) is 3.33. The second kappa shape index (κ2) is 11.7. The van der Waals surface area contributed by atoms with Gasteiger partial charge in [0, 0.05) is 38.4 Å². The molecule has 0 bridgehead atoms. The van der Waals surface area contributed by atoms with E-state index < -0.39 is 0 Å². The predicted molar refractivity (Wildman–Crippen MR) is 151 cm³/mol. The number of piperidine rings is 1. The molecule has 1 saturated heterocycles. The fraction of sp³-hybridized carbons (Fsp3) is 0.357. The first-order valence-electron chi connectivity index (χ1n) is 12.8. The van der Waals surface area contributed by atoms with Crippen molar-refractivity contribution in [2.75, 3.05) is 36.9 Å². The van der Waals surface area contributed by atoms with E-state index >= 15 is 0 Å². The van der Waals surface area contributed by atoms with Crippen LogP contribution in [0.2, 0.25) is 0 Å². The molecule has 2 N–H and O–H groups in total. The molecule has 0 unspecified atom stereocenters. The lowest BCUT2D eigenvalue weighted by Gasteiger charge is -2.25. The molecule has 4 heterocycles. The summed E-state index contributed by atoms with van der Waals surface area (Å²) in [7, 11) is 2.01. The van der Waals surface area contributed by atoms with Crippen molar-refractivity contribution >= 4 is 50.0 Å². The van der Waals surface area contributed by atoms with Gasteiger partial charge < -0.3 is 20.4 Å². The maximum Gasteiger partial charge on any atom is 0.221 e. The number of nitrogens with zero attached hydrogens (tertiary/aromatic N) is 5. The third-order valence-corrected chi connectivity index (χ3v) is 7.54. The molecule has 0 aliphatic carbocycles. The van der Waals surface area contributed by atoms with Crippen LogP contribution in [0.5, 0.6) is 0 Å². The highest BCUT2D eigenvalue weighted by Crippen LogP contribution is 2.30. The van der Waals surface area contributed by atoms with Crippen LogP contribution >= 0.6 is 11.3 Å². The Morgan fingerprint density at radius 3 is 2.68 bits per heavy atom. The molecule has 1 aliphatic heterocycles. The first-order chi connectivity index (χ1) is 18.0. The number of fused-ring (bicyclic) bond motifs is 1. The molecule has 9 heteroatoms. The minimum absolute atomic E-state index is 0.0838. The van der Waals surface area contributed by atoms with Crippen LogP contribution < -0.4 is 15.5 Å². The maximum absolute atomic E-state index is 12.3. The van der Waals surface area contributed by atoms with Crippen LogP contribution in [0.3, 0.4) is 0 Å². The van der Waals surface area contributed by atoms with E-state index in [4.69, 9.17) is 4.98 Å². The van der Waals surface area contributed by atoms with Crippen molar-refractivity contribution in [2.24, 2.45) is 0 Å². The zero-order chi connectivity index (χ0) is 25.6. The molecule has 192 valence electrons. The maximum atomic E-state index is 12.3. The molecule has 4 aromatic rings. The number of thiazole rings is 1. The molecular formula is C28H33N7OS. The van der Waals surface area contributed by atoms with Crippen molar-refractivity contribution < 1.29 is 4.79 Å². The molecule has 5 rings (SSSR count). The highest BCUT2D eigenvalue weighted by molar-refractivity contribution is 7.21. The number of amides is 1. The summed E-state index contributed by atoms with van der Waals surface area (Å²) >= 11 is 1.49. The third kappa shape index (κ3) is 6.61. The Balaban J connectivity index is 1.18. The fourth-order valence-electron chi connectivity index (χ4n) is 4.44. The largest absolute Gasteiger partial charge is 0.352 e. The Kier molecular flexibility index (Phi) is 7.91. The van der Waals surface area contributed by atoms with Crippen molar-refractivity contribution in [2.45, 2.75) is 39.2 Å². The van der Waals surface area contributed by atoms with E-state index in [9.17, 15) is 4.79 Å². The van der Waals surface area contributed by atoms with Gasteiger partial charge in [-0.1, -0.05) is 35.5 Å². The smallest absolute Gasteiger partial charge is 0.221 e. The molecule has 0 radical (unpaired) electrons. The van der Waals surface area contributed by atoms with Gasteiger partial charge in [-0.15, -0.1) is 0 Å². The summed E-state index contributed by atoms with van der Waals surface area (Å²) in [6.45, 7) is 5.62. The molecule has 37 heavy (non-hydrogen) atoms. The number of hydrogen-bond acceptors (Lipinski definition) is 8. The number of carbonyl (C=O) groups is 1. The molecule has 1 aromatic carbocycles.